The van der Waals surface area contributed by atoms with Crippen molar-refractivity contribution in [2.75, 3.05) is 45.9 Å². The number of nitrogens with one attached hydrogen (secondary N) is 2. The average molecular weight is 815 g/mol. The number of fused-ring (bicyclic) bond motifs is 1. The summed E-state index contributed by atoms with van der Waals surface area (Å²) in [5.74, 6) is -5.72. The highest BCUT2D eigenvalue weighted by Gasteiger charge is 2.44. The SMILES string of the molecule is Cc1ccc(C(=O)N2CCOC3(CCN(CCc4cccc(CNC[C@H](OC(=O)C(F)(F)F)c5ccc(OC(=O)C(F)(F)F)c6[nH]c(=O)sc56)c4)CC3)C2)s1. The summed E-state index contributed by atoms with van der Waals surface area (Å²) in [6, 6.07) is 13.3. The van der Waals surface area contributed by atoms with E-state index in [2.05, 4.69) is 19.9 Å². The number of thiazole rings is 1. The molecule has 19 heteroatoms. The Labute approximate surface area is 318 Å². The molecule has 0 radical (unpaired) electrons. The molecule has 6 rings (SSSR count). The zero-order valence-corrected chi connectivity index (χ0v) is 30.9. The quantitative estimate of drug-likeness (QED) is 0.108. The van der Waals surface area contributed by atoms with Gasteiger partial charge in [0.1, 0.15) is 11.6 Å². The summed E-state index contributed by atoms with van der Waals surface area (Å²) in [7, 11) is 0. The van der Waals surface area contributed by atoms with Gasteiger partial charge in [0.05, 0.1) is 28.3 Å². The van der Waals surface area contributed by atoms with Crippen LogP contribution in [0.4, 0.5) is 26.3 Å². The molecule has 2 fully saturated rings. The van der Waals surface area contributed by atoms with E-state index in [9.17, 15) is 45.5 Å². The van der Waals surface area contributed by atoms with Crippen LogP contribution in [0.3, 0.4) is 0 Å². The van der Waals surface area contributed by atoms with Crippen LogP contribution in [0.15, 0.2) is 53.3 Å². The number of alkyl halides is 6. The van der Waals surface area contributed by atoms with Gasteiger partial charge in [0.15, 0.2) is 5.75 Å². The predicted molar refractivity (Wildman–Crippen MR) is 190 cm³/mol. The number of H-pyrrole nitrogens is 1. The molecule has 2 aliphatic heterocycles. The van der Waals surface area contributed by atoms with Crippen LogP contribution in [0.5, 0.6) is 5.75 Å². The number of amides is 1. The molecule has 1 amide bonds. The second-order valence-corrected chi connectivity index (χ2v) is 15.6. The van der Waals surface area contributed by atoms with Crippen molar-refractivity contribution in [2.45, 2.75) is 56.8 Å². The lowest BCUT2D eigenvalue weighted by Crippen LogP contribution is -2.58. The van der Waals surface area contributed by atoms with Crippen LogP contribution in [-0.2, 0) is 32.0 Å². The molecule has 55 heavy (non-hydrogen) atoms. The maximum atomic E-state index is 13.3. The van der Waals surface area contributed by atoms with E-state index in [1.54, 1.807) is 0 Å². The largest absolute Gasteiger partial charge is 0.491 e. The number of rotatable bonds is 11. The zero-order chi connectivity index (χ0) is 39.5. The summed E-state index contributed by atoms with van der Waals surface area (Å²) >= 11 is 1.93. The van der Waals surface area contributed by atoms with Crippen molar-refractivity contribution in [3.8, 4) is 5.75 Å². The molecular formula is C36H36F6N4O7S2. The number of likely N-dealkylation sites (tertiary alicyclic amines) is 1. The summed E-state index contributed by atoms with van der Waals surface area (Å²) in [4.78, 5) is 56.1. The Bertz CT molecular complexity index is 2090. The summed E-state index contributed by atoms with van der Waals surface area (Å²) < 4.78 is 93.6. The number of morpholine rings is 1. The number of thiophene rings is 1. The highest BCUT2D eigenvalue weighted by molar-refractivity contribution is 7.16. The number of halogens is 6. The van der Waals surface area contributed by atoms with E-state index in [1.165, 1.54) is 11.3 Å². The molecule has 0 unspecified atom stereocenters. The molecule has 2 aliphatic rings. The summed E-state index contributed by atoms with van der Waals surface area (Å²) in [5, 5.41) is 2.97. The van der Waals surface area contributed by atoms with Crippen LogP contribution < -0.4 is 14.9 Å². The van der Waals surface area contributed by atoms with Crippen LogP contribution in [0.2, 0.25) is 0 Å². The summed E-state index contributed by atoms with van der Waals surface area (Å²) in [5.41, 5.74) is 0.925. The Morgan fingerprint density at radius 2 is 1.69 bits per heavy atom. The predicted octanol–water partition coefficient (Wildman–Crippen LogP) is 5.91. The molecule has 0 bridgehead atoms. The number of hydrogen-bond acceptors (Lipinski definition) is 11. The van der Waals surface area contributed by atoms with Crippen molar-refractivity contribution >= 4 is 50.7 Å². The lowest BCUT2D eigenvalue weighted by Gasteiger charge is -2.47. The first kappa shape index (κ1) is 40.4. The van der Waals surface area contributed by atoms with Crippen LogP contribution in [0, 0.1) is 6.92 Å². The van der Waals surface area contributed by atoms with Crippen LogP contribution in [0.25, 0.3) is 10.2 Å². The molecule has 1 atom stereocenters. The fourth-order valence-electron chi connectivity index (χ4n) is 6.68. The standard InChI is InChI=1S/C36H36F6N4O7S2/c1-21-5-8-27(54-21)30(47)46-15-16-51-34(20-46)10-13-45(14-11-34)12-9-22-3-2-4-23(17-22)18-43-19-26(53-32(49)36(40,41)42)24-6-7-25(52-31(48)35(37,38)39)28-29(24)55-33(50)44-28/h2-8,17,26,43H,9-16,18-20H2,1H3,(H,44,50)/t26-/m0/s1. The number of hydrogen-bond donors (Lipinski definition) is 2. The minimum atomic E-state index is -5.36. The van der Waals surface area contributed by atoms with Crippen LogP contribution >= 0.6 is 22.7 Å². The van der Waals surface area contributed by atoms with Gasteiger partial charge in [-0.2, -0.15) is 26.3 Å². The number of benzene rings is 2. The van der Waals surface area contributed by atoms with Crippen molar-refractivity contribution in [2.24, 2.45) is 0 Å². The lowest BCUT2D eigenvalue weighted by molar-refractivity contribution is -0.205. The second-order valence-electron chi connectivity index (χ2n) is 13.4. The molecule has 2 aromatic carbocycles. The zero-order valence-electron chi connectivity index (χ0n) is 29.3. The molecule has 11 nitrogen and oxygen atoms in total. The van der Waals surface area contributed by atoms with Gasteiger partial charge in [-0.05, 0) is 61.6 Å². The monoisotopic (exact) mass is 814 g/mol. The molecule has 296 valence electrons. The average Bonchev–Trinajstić information content (AvgIpc) is 3.75. The van der Waals surface area contributed by atoms with Gasteiger partial charge in [0, 0.05) is 49.7 Å². The van der Waals surface area contributed by atoms with E-state index in [0.717, 1.165) is 65.5 Å². The highest BCUT2D eigenvalue weighted by Crippen LogP contribution is 2.36. The van der Waals surface area contributed by atoms with E-state index in [-0.39, 0.29) is 40.4 Å². The van der Waals surface area contributed by atoms with Gasteiger partial charge in [-0.1, -0.05) is 35.6 Å². The van der Waals surface area contributed by atoms with E-state index in [4.69, 9.17) is 9.47 Å². The first-order valence-electron chi connectivity index (χ1n) is 17.2. The normalized spacial score (nSPS) is 17.0. The topological polar surface area (TPSA) is 130 Å². The molecule has 0 aliphatic carbocycles. The fourth-order valence-corrected chi connectivity index (χ4v) is 8.42. The van der Waals surface area contributed by atoms with Crippen molar-refractivity contribution in [1.29, 1.82) is 0 Å². The number of carbonyl (C=O) groups is 3. The Hall–Kier alpha value is -4.30. The maximum absolute atomic E-state index is 13.3. The Kier molecular flexibility index (Phi) is 12.1. The number of piperidine rings is 1. The Balaban J connectivity index is 1.06. The number of aromatic amines is 1. The van der Waals surface area contributed by atoms with Gasteiger partial charge in [-0.3, -0.25) is 9.59 Å². The third kappa shape index (κ3) is 9.93. The minimum Gasteiger partial charge on any atom is -0.449 e. The first-order valence-corrected chi connectivity index (χ1v) is 18.9. The van der Waals surface area contributed by atoms with Gasteiger partial charge < -0.3 is 34.3 Å². The second kappa shape index (κ2) is 16.4. The number of carbonyl (C=O) groups excluding carboxylic acids is 3. The van der Waals surface area contributed by atoms with Gasteiger partial charge in [0.2, 0.25) is 0 Å². The number of aromatic nitrogens is 1. The van der Waals surface area contributed by atoms with Gasteiger partial charge in [-0.25, -0.2) is 9.59 Å². The summed E-state index contributed by atoms with van der Waals surface area (Å²) in [6.07, 6.45) is -10.1. The van der Waals surface area contributed by atoms with Gasteiger partial charge in [-0.15, -0.1) is 11.3 Å². The molecule has 2 saturated heterocycles. The molecule has 1 spiro atoms. The number of esters is 2. The third-order valence-electron chi connectivity index (χ3n) is 9.45. The molecule has 2 N–H and O–H groups in total. The van der Waals surface area contributed by atoms with Crippen molar-refractivity contribution in [3.63, 3.8) is 0 Å². The highest BCUT2D eigenvalue weighted by atomic mass is 32.1. The van der Waals surface area contributed by atoms with Crippen molar-refractivity contribution in [3.05, 3.63) is 84.6 Å². The Morgan fingerprint density at radius 1 is 0.964 bits per heavy atom. The molecule has 0 saturated carbocycles. The van der Waals surface area contributed by atoms with Gasteiger partial charge >= 0.3 is 29.2 Å². The van der Waals surface area contributed by atoms with E-state index in [1.807, 2.05) is 48.2 Å². The Morgan fingerprint density at radius 3 is 2.38 bits per heavy atom. The lowest BCUT2D eigenvalue weighted by atomic mass is 9.89. The molecular weight excluding hydrogens is 779 g/mol. The van der Waals surface area contributed by atoms with Crippen molar-refractivity contribution in [1.82, 2.24) is 20.1 Å². The summed E-state index contributed by atoms with van der Waals surface area (Å²) in [6.45, 7) is 5.73. The fraction of sp³-hybridized carbons (Fsp3) is 0.444. The van der Waals surface area contributed by atoms with E-state index >= 15 is 0 Å². The first-order chi connectivity index (χ1) is 26.0. The van der Waals surface area contributed by atoms with Crippen LogP contribution in [-0.4, -0.2) is 96.5 Å². The smallest absolute Gasteiger partial charge is 0.449 e. The molecule has 4 heterocycles. The van der Waals surface area contributed by atoms with Crippen molar-refractivity contribution < 1.29 is 54.9 Å². The third-order valence-corrected chi connectivity index (χ3v) is 11.4. The molecule has 2 aromatic heterocycles. The number of nitrogens with zero attached hydrogens (tertiary/aromatic N) is 2. The van der Waals surface area contributed by atoms with E-state index < -0.39 is 41.0 Å². The van der Waals surface area contributed by atoms with Crippen LogP contribution in [0.1, 0.15) is 50.2 Å². The van der Waals surface area contributed by atoms with E-state index in [0.29, 0.717) is 37.5 Å². The number of aryl methyl sites for hydroxylation is 1. The number of ether oxygens (including phenoxy) is 3. The minimum absolute atomic E-state index is 0.0394. The molecule has 4 aromatic rings. The maximum Gasteiger partial charge on any atom is 0.491 e. The van der Waals surface area contributed by atoms with Gasteiger partial charge in [0.25, 0.3) is 5.91 Å².